The number of halogens is 3. The van der Waals surface area contributed by atoms with E-state index < -0.39 is 11.7 Å². The van der Waals surface area contributed by atoms with Crippen LogP contribution in [0, 0.1) is 5.82 Å². The summed E-state index contributed by atoms with van der Waals surface area (Å²) in [5.74, 6) is -1.97. The summed E-state index contributed by atoms with van der Waals surface area (Å²) >= 11 is 14.3. The Morgan fingerprint density at radius 3 is 2.43 bits per heavy atom. The maximum atomic E-state index is 13.1. The Kier molecular flexibility index (Phi) is 7.40. The minimum absolute atomic E-state index is 0.117. The second-order valence-electron chi connectivity index (χ2n) is 6.20. The number of anilines is 1. The number of rotatable bonds is 7. The van der Waals surface area contributed by atoms with Crippen molar-refractivity contribution < 1.29 is 31.0 Å². The van der Waals surface area contributed by atoms with Crippen LogP contribution in [-0.4, -0.2) is 26.0 Å². The second kappa shape index (κ2) is 10.0. The molecule has 9 heteroatoms. The van der Waals surface area contributed by atoms with Crippen molar-refractivity contribution in [3.05, 3.63) is 87.7 Å². The van der Waals surface area contributed by atoms with Gasteiger partial charge in [-0.05, 0) is 0 Å². The first kappa shape index (κ1) is 22.2. The number of benzene rings is 1. The Morgan fingerprint density at radius 2 is 1.80 bits per heavy atom. The molecule has 0 unspecified atom stereocenters. The molecule has 0 radical (unpaired) electrons. The van der Waals surface area contributed by atoms with E-state index in [-0.39, 0.29) is 27.2 Å². The van der Waals surface area contributed by atoms with Crippen LogP contribution >= 0.6 is 23.2 Å². The van der Waals surface area contributed by atoms with E-state index in [0.717, 1.165) is 11.1 Å². The molecule has 1 amide bonds. The monoisotopic (exact) mass is 480 g/mol. The summed E-state index contributed by atoms with van der Waals surface area (Å²) in [7, 11) is 0. The van der Waals surface area contributed by atoms with E-state index in [4.69, 9.17) is 23.2 Å². The van der Waals surface area contributed by atoms with Crippen molar-refractivity contribution in [1.29, 1.82) is 0 Å². The van der Waals surface area contributed by atoms with Gasteiger partial charge in [-0.1, -0.05) is 0 Å². The van der Waals surface area contributed by atoms with Gasteiger partial charge in [0.15, 0.2) is 0 Å². The van der Waals surface area contributed by atoms with Crippen molar-refractivity contribution in [2.75, 3.05) is 5.32 Å². The number of nitrogens with one attached hydrogen (secondary N) is 1. The molecule has 151 valence electrons. The summed E-state index contributed by atoms with van der Waals surface area (Å²) in [6, 6.07) is 7.70. The van der Waals surface area contributed by atoms with Crippen LogP contribution < -0.4 is 5.32 Å². The third-order valence-corrected chi connectivity index (χ3v) is 4.93. The fourth-order valence-corrected chi connectivity index (χ4v) is 3.30. The Hall–Kier alpha value is -2.51. The number of amides is 1. The first-order valence-corrected chi connectivity index (χ1v) is 10.2. The molecule has 0 aliphatic heterocycles. The SMILES string of the molecule is O=C(Nc1c(Cl)cncc1Cl)C(=O)c1cc(Cc2ccc(F)cc2)cn1/C=C\[CH]=[V]. The molecule has 3 rings (SSSR count). The standard InChI is InChI=1S/C21H14Cl2FN3O2.V/c1-2-7-27-12-14(8-13-3-5-15(24)6-4-13)9-18(27)20(28)21(29)26-19-16(22)10-25-11-17(19)23;/h1-7,9-12H,8H2,(H,25,26,29);/b7-2-;. The van der Waals surface area contributed by atoms with Crippen LogP contribution in [0.4, 0.5) is 10.1 Å². The number of carbonyl (C=O) groups is 2. The van der Waals surface area contributed by atoms with E-state index in [2.05, 4.69) is 27.3 Å². The molecule has 2 heterocycles. The van der Waals surface area contributed by atoms with E-state index >= 15 is 0 Å². The van der Waals surface area contributed by atoms with Gasteiger partial charge in [-0.15, -0.1) is 0 Å². The number of pyridine rings is 1. The van der Waals surface area contributed by atoms with Crippen LogP contribution in [0.3, 0.4) is 0 Å². The summed E-state index contributed by atoms with van der Waals surface area (Å²) in [5.41, 5.74) is 1.94. The van der Waals surface area contributed by atoms with Crippen LogP contribution in [0.2, 0.25) is 10.0 Å². The van der Waals surface area contributed by atoms with Gasteiger partial charge in [0, 0.05) is 0 Å². The minimum atomic E-state index is -0.887. The van der Waals surface area contributed by atoms with Crippen LogP contribution in [0.1, 0.15) is 21.6 Å². The molecule has 2 aromatic heterocycles. The van der Waals surface area contributed by atoms with E-state index in [0.29, 0.717) is 6.42 Å². The summed E-state index contributed by atoms with van der Waals surface area (Å²) in [5, 5.41) is 2.68. The topological polar surface area (TPSA) is 64.0 Å². The fraction of sp³-hybridized carbons (Fsp3) is 0.0476. The molecule has 30 heavy (non-hydrogen) atoms. The predicted molar refractivity (Wildman–Crippen MR) is 112 cm³/mol. The Morgan fingerprint density at radius 1 is 1.13 bits per heavy atom. The number of hydrogen-bond donors (Lipinski definition) is 1. The van der Waals surface area contributed by atoms with Crippen molar-refractivity contribution in [3.63, 3.8) is 0 Å². The molecule has 1 N–H and O–H groups in total. The number of nitrogens with zero attached hydrogens (tertiary/aromatic N) is 2. The molecule has 0 aliphatic carbocycles. The molecule has 0 saturated heterocycles. The molecule has 0 spiro atoms. The molecule has 0 aliphatic rings. The van der Waals surface area contributed by atoms with Gasteiger partial charge in [-0.3, -0.25) is 0 Å². The molecule has 1 aromatic carbocycles. The van der Waals surface area contributed by atoms with Gasteiger partial charge in [0.25, 0.3) is 0 Å². The second-order valence-corrected chi connectivity index (χ2v) is 7.48. The fourth-order valence-electron chi connectivity index (χ4n) is 2.72. The zero-order valence-electron chi connectivity index (χ0n) is 15.3. The van der Waals surface area contributed by atoms with Crippen LogP contribution in [-0.2, 0) is 28.2 Å². The summed E-state index contributed by atoms with van der Waals surface area (Å²) in [6.45, 7) is 0. The van der Waals surface area contributed by atoms with Crippen molar-refractivity contribution >= 4 is 51.5 Å². The van der Waals surface area contributed by atoms with Crippen molar-refractivity contribution in [2.24, 2.45) is 0 Å². The number of allylic oxidation sites excluding steroid dienone is 1. The molecule has 0 atom stereocenters. The zero-order valence-corrected chi connectivity index (χ0v) is 18.3. The van der Waals surface area contributed by atoms with Gasteiger partial charge in [-0.25, -0.2) is 0 Å². The molecular weight excluding hydrogens is 467 g/mol. The average molecular weight is 481 g/mol. The summed E-state index contributed by atoms with van der Waals surface area (Å²) < 4.78 is 16.4. The van der Waals surface area contributed by atoms with E-state index in [1.165, 1.54) is 24.5 Å². The first-order chi connectivity index (χ1) is 14.4. The average Bonchev–Trinajstić information content (AvgIpc) is 3.12. The molecular formula is C21H14Cl2FN3O2V. The molecule has 3 aromatic rings. The van der Waals surface area contributed by atoms with E-state index in [1.807, 2.05) is 0 Å². The Labute approximate surface area is 191 Å². The van der Waals surface area contributed by atoms with Gasteiger partial charge in [0.2, 0.25) is 0 Å². The van der Waals surface area contributed by atoms with Gasteiger partial charge < -0.3 is 0 Å². The van der Waals surface area contributed by atoms with Gasteiger partial charge >= 0.3 is 191 Å². The van der Waals surface area contributed by atoms with Crippen LogP contribution in [0.25, 0.3) is 6.20 Å². The third-order valence-electron chi connectivity index (χ3n) is 4.09. The van der Waals surface area contributed by atoms with Crippen LogP contribution in [0.15, 0.2) is 55.0 Å². The molecule has 0 fully saturated rings. The summed E-state index contributed by atoms with van der Waals surface area (Å²) in [6.07, 6.45) is 8.21. The van der Waals surface area contributed by atoms with E-state index in [1.54, 1.807) is 46.0 Å². The predicted octanol–water partition coefficient (Wildman–Crippen LogP) is 4.56. The van der Waals surface area contributed by atoms with Crippen molar-refractivity contribution in [3.8, 4) is 0 Å². The number of Topliss-reactive ketones (excluding diaryl/α,β-unsaturated/α-hetero) is 1. The zero-order chi connectivity index (χ0) is 21.7. The van der Waals surface area contributed by atoms with Crippen LogP contribution in [0.5, 0.6) is 0 Å². The Balaban J connectivity index is 1.88. The number of hydrogen-bond acceptors (Lipinski definition) is 3. The first-order valence-electron chi connectivity index (χ1n) is 8.63. The molecule has 0 bridgehead atoms. The quantitative estimate of drug-likeness (QED) is 0.398. The van der Waals surface area contributed by atoms with Crippen molar-refractivity contribution in [2.45, 2.75) is 6.42 Å². The van der Waals surface area contributed by atoms with Gasteiger partial charge in [0.1, 0.15) is 0 Å². The number of ketones is 1. The summed E-state index contributed by atoms with van der Waals surface area (Å²) in [4.78, 5) is 29.2. The normalized spacial score (nSPS) is 10.9. The number of carbonyl (C=O) groups excluding carboxylic acids is 2. The van der Waals surface area contributed by atoms with Gasteiger partial charge in [-0.2, -0.15) is 0 Å². The maximum absolute atomic E-state index is 13.1. The van der Waals surface area contributed by atoms with Gasteiger partial charge in [0.05, 0.1) is 0 Å². The van der Waals surface area contributed by atoms with Crippen molar-refractivity contribution in [1.82, 2.24) is 9.55 Å². The Bertz CT molecular complexity index is 1120. The molecule has 5 nitrogen and oxygen atoms in total. The van der Waals surface area contributed by atoms with E-state index in [9.17, 15) is 14.0 Å². The molecule has 0 saturated carbocycles. The number of aromatic nitrogens is 2. The third kappa shape index (κ3) is 5.35.